The SMILES string of the molecule is CNC(Cc1ccc(Cl)c(F)c1)C1CCC(C(C)C)CC1. The minimum Gasteiger partial charge on any atom is -0.316 e. The second-order valence-corrected chi connectivity index (χ2v) is 7.17. The highest BCUT2D eigenvalue weighted by molar-refractivity contribution is 6.30. The Morgan fingerprint density at radius 2 is 1.81 bits per heavy atom. The van der Waals surface area contributed by atoms with E-state index in [-0.39, 0.29) is 10.8 Å². The third-order valence-corrected chi connectivity index (χ3v) is 5.45. The van der Waals surface area contributed by atoms with E-state index in [9.17, 15) is 4.39 Å². The Morgan fingerprint density at radius 1 is 1.19 bits per heavy atom. The molecular weight excluding hydrogens is 285 g/mol. The number of likely N-dealkylation sites (N-methyl/N-ethyl adjacent to an activating group) is 1. The molecule has 0 aromatic heterocycles. The zero-order chi connectivity index (χ0) is 15.4. The van der Waals surface area contributed by atoms with E-state index >= 15 is 0 Å². The summed E-state index contributed by atoms with van der Waals surface area (Å²) in [5.74, 6) is 2.06. The van der Waals surface area contributed by atoms with Gasteiger partial charge in [0.25, 0.3) is 0 Å². The molecule has 0 radical (unpaired) electrons. The molecule has 1 aliphatic carbocycles. The molecule has 0 amide bonds. The molecular formula is C18H27ClFN. The molecule has 1 saturated carbocycles. The Labute approximate surface area is 133 Å². The zero-order valence-electron chi connectivity index (χ0n) is 13.3. The third-order valence-electron chi connectivity index (χ3n) is 5.14. The van der Waals surface area contributed by atoms with Gasteiger partial charge in [0.15, 0.2) is 0 Å². The van der Waals surface area contributed by atoms with Gasteiger partial charge < -0.3 is 5.32 Å². The van der Waals surface area contributed by atoms with Crippen molar-refractivity contribution < 1.29 is 4.39 Å². The summed E-state index contributed by atoms with van der Waals surface area (Å²) >= 11 is 5.75. The van der Waals surface area contributed by atoms with E-state index < -0.39 is 0 Å². The highest BCUT2D eigenvalue weighted by Gasteiger charge is 2.28. The first-order valence-electron chi connectivity index (χ1n) is 8.12. The molecule has 1 fully saturated rings. The van der Waals surface area contributed by atoms with E-state index in [1.165, 1.54) is 25.7 Å². The van der Waals surface area contributed by atoms with Crippen LogP contribution in [0.3, 0.4) is 0 Å². The van der Waals surface area contributed by atoms with Gasteiger partial charge in [-0.15, -0.1) is 0 Å². The van der Waals surface area contributed by atoms with Crippen molar-refractivity contribution in [2.45, 2.75) is 52.0 Å². The molecule has 2 rings (SSSR count). The minimum absolute atomic E-state index is 0.206. The summed E-state index contributed by atoms with van der Waals surface area (Å²) in [5, 5.41) is 3.65. The van der Waals surface area contributed by atoms with E-state index in [1.54, 1.807) is 12.1 Å². The lowest BCUT2D eigenvalue weighted by atomic mass is 9.73. The normalized spacial score (nSPS) is 24.3. The lowest BCUT2D eigenvalue weighted by Crippen LogP contribution is -2.38. The molecule has 1 unspecified atom stereocenters. The van der Waals surface area contributed by atoms with Gasteiger partial charge in [0.05, 0.1) is 5.02 Å². The smallest absolute Gasteiger partial charge is 0.142 e. The van der Waals surface area contributed by atoms with Crippen molar-refractivity contribution in [1.29, 1.82) is 0 Å². The average Bonchev–Trinajstić information content (AvgIpc) is 2.48. The Morgan fingerprint density at radius 3 is 2.33 bits per heavy atom. The number of nitrogens with one attached hydrogen (secondary N) is 1. The fraction of sp³-hybridized carbons (Fsp3) is 0.667. The lowest BCUT2D eigenvalue weighted by Gasteiger charge is -2.35. The third kappa shape index (κ3) is 4.43. The maximum absolute atomic E-state index is 13.6. The van der Waals surface area contributed by atoms with Crippen molar-refractivity contribution in [3.05, 3.63) is 34.6 Å². The second-order valence-electron chi connectivity index (χ2n) is 6.77. The van der Waals surface area contributed by atoms with Gasteiger partial charge >= 0.3 is 0 Å². The molecule has 118 valence electrons. The van der Waals surface area contributed by atoms with Crippen LogP contribution in [0.15, 0.2) is 18.2 Å². The topological polar surface area (TPSA) is 12.0 Å². The first kappa shape index (κ1) is 16.8. The zero-order valence-corrected chi connectivity index (χ0v) is 14.1. The Kier molecular flexibility index (Phi) is 6.07. The van der Waals surface area contributed by atoms with Crippen LogP contribution in [0.4, 0.5) is 4.39 Å². The van der Waals surface area contributed by atoms with E-state index in [2.05, 4.69) is 19.2 Å². The molecule has 1 N–H and O–H groups in total. The largest absolute Gasteiger partial charge is 0.316 e. The predicted molar refractivity (Wildman–Crippen MR) is 88.2 cm³/mol. The fourth-order valence-corrected chi connectivity index (χ4v) is 3.76. The number of benzene rings is 1. The number of halogens is 2. The van der Waals surface area contributed by atoms with Gasteiger partial charge in [-0.1, -0.05) is 31.5 Å². The summed E-state index contributed by atoms with van der Waals surface area (Å²) < 4.78 is 13.6. The maximum atomic E-state index is 13.6. The average molecular weight is 312 g/mol. The van der Waals surface area contributed by atoms with Gasteiger partial charge in [0.2, 0.25) is 0 Å². The van der Waals surface area contributed by atoms with E-state index in [0.29, 0.717) is 12.0 Å². The van der Waals surface area contributed by atoms with Crippen molar-refractivity contribution in [3.8, 4) is 0 Å². The highest BCUT2D eigenvalue weighted by Crippen LogP contribution is 2.35. The molecule has 1 aliphatic rings. The van der Waals surface area contributed by atoms with Gasteiger partial charge in [0.1, 0.15) is 5.82 Å². The van der Waals surface area contributed by atoms with Crippen LogP contribution in [0.25, 0.3) is 0 Å². The fourth-order valence-electron chi connectivity index (χ4n) is 3.64. The van der Waals surface area contributed by atoms with Crippen LogP contribution in [0.5, 0.6) is 0 Å². The van der Waals surface area contributed by atoms with Crippen molar-refractivity contribution in [2.75, 3.05) is 7.05 Å². The minimum atomic E-state index is -0.312. The van der Waals surface area contributed by atoms with Crippen molar-refractivity contribution in [2.24, 2.45) is 17.8 Å². The van der Waals surface area contributed by atoms with Crippen LogP contribution in [-0.4, -0.2) is 13.1 Å². The monoisotopic (exact) mass is 311 g/mol. The number of rotatable bonds is 5. The summed E-state index contributed by atoms with van der Waals surface area (Å²) in [6.07, 6.45) is 6.10. The van der Waals surface area contributed by atoms with Crippen molar-refractivity contribution in [1.82, 2.24) is 5.32 Å². The van der Waals surface area contributed by atoms with Gasteiger partial charge in [-0.2, -0.15) is 0 Å². The predicted octanol–water partition coefficient (Wildman–Crippen LogP) is 5.07. The first-order valence-corrected chi connectivity index (χ1v) is 8.50. The van der Waals surface area contributed by atoms with Crippen molar-refractivity contribution in [3.63, 3.8) is 0 Å². The van der Waals surface area contributed by atoms with Gasteiger partial charge in [-0.05, 0) is 74.6 Å². The molecule has 0 spiro atoms. The van der Waals surface area contributed by atoms with Crippen LogP contribution < -0.4 is 5.32 Å². The summed E-state index contributed by atoms with van der Waals surface area (Å²) in [5.41, 5.74) is 1.03. The lowest BCUT2D eigenvalue weighted by molar-refractivity contribution is 0.191. The van der Waals surface area contributed by atoms with Crippen LogP contribution in [0.2, 0.25) is 5.02 Å². The summed E-state index contributed by atoms with van der Waals surface area (Å²) in [7, 11) is 2.02. The number of hydrogen-bond donors (Lipinski definition) is 1. The summed E-state index contributed by atoms with van der Waals surface area (Å²) in [4.78, 5) is 0. The summed E-state index contributed by atoms with van der Waals surface area (Å²) in [6, 6.07) is 5.61. The Bertz CT molecular complexity index is 453. The van der Waals surface area contributed by atoms with Gasteiger partial charge in [-0.25, -0.2) is 4.39 Å². The highest BCUT2D eigenvalue weighted by atomic mass is 35.5. The van der Waals surface area contributed by atoms with Gasteiger partial charge in [-0.3, -0.25) is 0 Å². The molecule has 0 saturated heterocycles. The molecule has 1 atom stereocenters. The molecule has 1 aromatic rings. The number of hydrogen-bond acceptors (Lipinski definition) is 1. The van der Waals surface area contributed by atoms with Crippen LogP contribution in [0.1, 0.15) is 45.1 Å². The molecule has 21 heavy (non-hydrogen) atoms. The van der Waals surface area contributed by atoms with E-state index in [0.717, 1.165) is 23.8 Å². The van der Waals surface area contributed by atoms with Crippen LogP contribution in [0, 0.1) is 23.6 Å². The molecule has 3 heteroatoms. The van der Waals surface area contributed by atoms with Gasteiger partial charge in [0, 0.05) is 6.04 Å². The first-order chi connectivity index (χ1) is 10.0. The van der Waals surface area contributed by atoms with Crippen molar-refractivity contribution >= 4 is 11.6 Å². The maximum Gasteiger partial charge on any atom is 0.142 e. The molecule has 1 nitrogen and oxygen atoms in total. The second kappa shape index (κ2) is 7.60. The summed E-state index contributed by atoms with van der Waals surface area (Å²) in [6.45, 7) is 4.66. The Hall–Kier alpha value is -0.600. The Balaban J connectivity index is 1.95. The molecule has 0 bridgehead atoms. The molecule has 0 heterocycles. The van der Waals surface area contributed by atoms with E-state index in [4.69, 9.17) is 11.6 Å². The quantitative estimate of drug-likeness (QED) is 0.800. The van der Waals surface area contributed by atoms with Crippen LogP contribution in [-0.2, 0) is 6.42 Å². The molecule has 1 aromatic carbocycles. The molecule has 0 aliphatic heterocycles. The standard InChI is InChI=1S/C18H27ClFN/c1-12(2)14-5-7-15(8-6-14)18(21-3)11-13-4-9-16(19)17(20)10-13/h4,9-10,12,14-15,18,21H,5-8,11H2,1-3H3. The van der Waals surface area contributed by atoms with Crippen LogP contribution >= 0.6 is 11.6 Å². The van der Waals surface area contributed by atoms with E-state index in [1.807, 2.05) is 13.1 Å².